The molecule has 1 aromatic heterocycles. The second-order valence-electron chi connectivity index (χ2n) is 7.29. The van der Waals surface area contributed by atoms with Crippen molar-refractivity contribution < 1.29 is 4.79 Å². The molecule has 126 valence electrons. The summed E-state index contributed by atoms with van der Waals surface area (Å²) in [5.74, 6) is 2.27. The maximum atomic E-state index is 12.5. The predicted octanol–water partition coefficient (Wildman–Crippen LogP) is 2.49. The van der Waals surface area contributed by atoms with Gasteiger partial charge >= 0.3 is 0 Å². The monoisotopic (exact) mass is 325 g/mol. The Balaban J connectivity index is 1.47. The van der Waals surface area contributed by atoms with Crippen LogP contribution >= 0.6 is 0 Å². The van der Waals surface area contributed by atoms with Gasteiger partial charge in [0.15, 0.2) is 0 Å². The molecule has 0 radical (unpaired) electrons. The molecule has 24 heavy (non-hydrogen) atoms. The molecular formula is C19H23N3O2. The Morgan fingerprint density at radius 2 is 2.17 bits per heavy atom. The van der Waals surface area contributed by atoms with Gasteiger partial charge in [-0.2, -0.15) is 0 Å². The Morgan fingerprint density at radius 3 is 3.04 bits per heavy atom. The lowest BCUT2D eigenvalue weighted by atomic mass is 9.92. The highest BCUT2D eigenvalue weighted by atomic mass is 16.1. The summed E-state index contributed by atoms with van der Waals surface area (Å²) in [6.07, 6.45) is 8.12. The molecule has 0 aliphatic heterocycles. The van der Waals surface area contributed by atoms with E-state index >= 15 is 0 Å². The van der Waals surface area contributed by atoms with Crippen LogP contribution < -0.4 is 10.9 Å². The first-order valence-corrected chi connectivity index (χ1v) is 8.87. The summed E-state index contributed by atoms with van der Waals surface area (Å²) in [5.41, 5.74) is 1.05. The number of hydrogen-bond donors (Lipinski definition) is 1. The lowest BCUT2D eigenvalue weighted by Crippen LogP contribution is -2.31. The number of rotatable bonds is 3. The molecule has 3 atom stereocenters. The summed E-state index contributed by atoms with van der Waals surface area (Å²) in [6, 6.07) is 5.12. The standard InChI is InChI=1S/C19H23N3O2/c1-22-11-21-17-9-13(7-8-16(17)19(22)24)18(23)20-10-14-6-5-12-3-2-4-15(12)14/h7-9,11-12,14-15H,2-6,10H2,1H3,(H,20,23)/t12-,14+,15-/m0/s1. The van der Waals surface area contributed by atoms with Crippen molar-refractivity contribution in [1.82, 2.24) is 14.9 Å². The number of nitrogens with one attached hydrogen (secondary N) is 1. The SMILES string of the molecule is Cn1cnc2cc(C(=O)NC[C@H]3CC[C@@H]4CCC[C@@H]43)ccc2c1=O. The fraction of sp³-hybridized carbons (Fsp3) is 0.526. The van der Waals surface area contributed by atoms with Gasteiger partial charge in [0.25, 0.3) is 11.5 Å². The average Bonchev–Trinajstić information content (AvgIpc) is 3.20. The number of carbonyl (C=O) groups is 1. The second-order valence-corrected chi connectivity index (χ2v) is 7.29. The highest BCUT2D eigenvalue weighted by Gasteiger charge is 2.38. The summed E-state index contributed by atoms with van der Waals surface area (Å²) in [7, 11) is 1.67. The Bertz CT molecular complexity index is 842. The summed E-state index contributed by atoms with van der Waals surface area (Å²) in [4.78, 5) is 28.8. The summed E-state index contributed by atoms with van der Waals surface area (Å²) < 4.78 is 1.44. The third-order valence-electron chi connectivity index (χ3n) is 5.94. The normalized spacial score (nSPS) is 25.8. The molecule has 2 saturated carbocycles. The Labute approximate surface area is 141 Å². The van der Waals surface area contributed by atoms with E-state index in [0.29, 0.717) is 22.4 Å². The number of hydrogen-bond acceptors (Lipinski definition) is 3. The van der Waals surface area contributed by atoms with E-state index in [0.717, 1.165) is 18.4 Å². The quantitative estimate of drug-likeness (QED) is 0.943. The second kappa shape index (κ2) is 6.04. The van der Waals surface area contributed by atoms with Gasteiger partial charge in [0.05, 0.1) is 17.2 Å². The van der Waals surface area contributed by atoms with E-state index in [1.807, 2.05) is 0 Å². The van der Waals surface area contributed by atoms with Crippen LogP contribution in [0.25, 0.3) is 10.9 Å². The topological polar surface area (TPSA) is 64.0 Å². The molecule has 0 bridgehead atoms. The Kier molecular flexibility index (Phi) is 3.87. The number of aryl methyl sites for hydroxylation is 1. The zero-order valence-electron chi connectivity index (χ0n) is 14.0. The molecule has 4 rings (SSSR count). The molecule has 0 spiro atoms. The van der Waals surface area contributed by atoms with Gasteiger partial charge in [-0.3, -0.25) is 9.59 Å². The van der Waals surface area contributed by atoms with E-state index in [-0.39, 0.29) is 11.5 Å². The highest BCUT2D eigenvalue weighted by molar-refractivity contribution is 5.97. The number of aromatic nitrogens is 2. The first kappa shape index (κ1) is 15.4. The third-order valence-corrected chi connectivity index (χ3v) is 5.94. The molecule has 2 aromatic rings. The van der Waals surface area contributed by atoms with Gasteiger partial charge < -0.3 is 9.88 Å². The zero-order chi connectivity index (χ0) is 16.7. The number of amides is 1. The van der Waals surface area contributed by atoms with Crippen LogP contribution in [-0.2, 0) is 7.05 Å². The largest absolute Gasteiger partial charge is 0.352 e. The summed E-state index contributed by atoms with van der Waals surface area (Å²) in [6.45, 7) is 0.766. The minimum absolute atomic E-state index is 0.0687. The average molecular weight is 325 g/mol. The van der Waals surface area contributed by atoms with Crippen molar-refractivity contribution >= 4 is 16.8 Å². The van der Waals surface area contributed by atoms with Gasteiger partial charge in [0, 0.05) is 19.2 Å². The Hall–Kier alpha value is -2.17. The fourth-order valence-electron chi connectivity index (χ4n) is 4.62. The van der Waals surface area contributed by atoms with Crippen LogP contribution in [0.15, 0.2) is 29.3 Å². The van der Waals surface area contributed by atoms with Gasteiger partial charge in [-0.1, -0.05) is 12.8 Å². The highest BCUT2D eigenvalue weighted by Crippen LogP contribution is 2.47. The lowest BCUT2D eigenvalue weighted by Gasteiger charge is -2.19. The molecule has 5 nitrogen and oxygen atoms in total. The van der Waals surface area contributed by atoms with E-state index in [4.69, 9.17) is 0 Å². The molecule has 1 N–H and O–H groups in total. The molecule has 5 heteroatoms. The minimum Gasteiger partial charge on any atom is -0.352 e. The van der Waals surface area contributed by atoms with Crippen LogP contribution in [-0.4, -0.2) is 22.0 Å². The number of nitrogens with zero attached hydrogens (tertiary/aromatic N) is 2. The van der Waals surface area contributed by atoms with E-state index in [1.54, 1.807) is 25.2 Å². The van der Waals surface area contributed by atoms with E-state index < -0.39 is 0 Å². The molecule has 2 fully saturated rings. The fourth-order valence-corrected chi connectivity index (χ4v) is 4.62. The van der Waals surface area contributed by atoms with Crippen molar-refractivity contribution in [2.45, 2.75) is 32.1 Å². The van der Waals surface area contributed by atoms with Gasteiger partial charge in [0.1, 0.15) is 0 Å². The van der Waals surface area contributed by atoms with Crippen LogP contribution in [0.1, 0.15) is 42.5 Å². The summed E-state index contributed by atoms with van der Waals surface area (Å²) >= 11 is 0. The van der Waals surface area contributed by atoms with Crippen LogP contribution in [0.4, 0.5) is 0 Å². The van der Waals surface area contributed by atoms with E-state index in [1.165, 1.54) is 43.0 Å². The number of carbonyl (C=O) groups excluding carboxylic acids is 1. The molecule has 2 aliphatic rings. The Morgan fingerprint density at radius 1 is 1.29 bits per heavy atom. The van der Waals surface area contributed by atoms with Gasteiger partial charge in [-0.05, 0) is 55.2 Å². The van der Waals surface area contributed by atoms with Crippen LogP contribution in [0.2, 0.25) is 0 Å². The maximum absolute atomic E-state index is 12.5. The smallest absolute Gasteiger partial charge is 0.260 e. The molecule has 0 saturated heterocycles. The predicted molar refractivity (Wildman–Crippen MR) is 92.9 cm³/mol. The first-order chi connectivity index (χ1) is 11.6. The van der Waals surface area contributed by atoms with Gasteiger partial charge in [-0.15, -0.1) is 0 Å². The maximum Gasteiger partial charge on any atom is 0.260 e. The molecular weight excluding hydrogens is 302 g/mol. The van der Waals surface area contributed by atoms with Gasteiger partial charge in [-0.25, -0.2) is 4.98 Å². The summed E-state index contributed by atoms with van der Waals surface area (Å²) in [5, 5.41) is 3.64. The van der Waals surface area contributed by atoms with Crippen LogP contribution in [0, 0.1) is 17.8 Å². The molecule has 1 amide bonds. The molecule has 1 aromatic carbocycles. The van der Waals surface area contributed by atoms with E-state index in [9.17, 15) is 9.59 Å². The van der Waals surface area contributed by atoms with Crippen molar-refractivity contribution in [2.24, 2.45) is 24.8 Å². The van der Waals surface area contributed by atoms with E-state index in [2.05, 4.69) is 10.3 Å². The van der Waals surface area contributed by atoms with Crippen molar-refractivity contribution in [3.05, 3.63) is 40.4 Å². The third kappa shape index (κ3) is 2.62. The number of fused-ring (bicyclic) bond motifs is 2. The zero-order valence-corrected chi connectivity index (χ0v) is 14.0. The lowest BCUT2D eigenvalue weighted by molar-refractivity contribution is 0.0943. The van der Waals surface area contributed by atoms with Crippen LogP contribution in [0.3, 0.4) is 0 Å². The molecule has 0 unspecified atom stereocenters. The van der Waals surface area contributed by atoms with Crippen molar-refractivity contribution in [3.8, 4) is 0 Å². The van der Waals surface area contributed by atoms with Crippen LogP contribution in [0.5, 0.6) is 0 Å². The van der Waals surface area contributed by atoms with Crippen molar-refractivity contribution in [3.63, 3.8) is 0 Å². The van der Waals surface area contributed by atoms with Crippen molar-refractivity contribution in [1.29, 1.82) is 0 Å². The molecule has 1 heterocycles. The first-order valence-electron chi connectivity index (χ1n) is 8.87. The van der Waals surface area contributed by atoms with Gasteiger partial charge in [0.2, 0.25) is 0 Å². The molecule has 2 aliphatic carbocycles. The minimum atomic E-state index is -0.0924. The number of benzene rings is 1. The van der Waals surface area contributed by atoms with Crippen molar-refractivity contribution in [2.75, 3.05) is 6.54 Å².